The van der Waals surface area contributed by atoms with Crippen LogP contribution in [0.5, 0.6) is 0 Å². The lowest BCUT2D eigenvalue weighted by atomic mass is 9.94. The molecule has 2 aromatic carbocycles. The molecule has 0 radical (unpaired) electrons. The van der Waals surface area contributed by atoms with Gasteiger partial charge in [0.2, 0.25) is 5.91 Å². The molecule has 2 aliphatic heterocycles. The number of aryl methyl sites for hydroxylation is 1. The van der Waals surface area contributed by atoms with E-state index in [1.807, 2.05) is 75.4 Å². The number of nitrogens with zero attached hydrogens (tertiary/aromatic N) is 2. The molecule has 0 saturated carbocycles. The number of benzene rings is 2. The highest BCUT2D eigenvalue weighted by Gasteiger charge is 2.46. The van der Waals surface area contributed by atoms with Gasteiger partial charge in [-0.2, -0.15) is 0 Å². The van der Waals surface area contributed by atoms with Crippen LogP contribution < -0.4 is 10.6 Å². The maximum absolute atomic E-state index is 14.0. The van der Waals surface area contributed by atoms with Crippen molar-refractivity contribution in [3.05, 3.63) is 95.2 Å². The molecule has 0 aliphatic carbocycles. The predicted octanol–water partition coefficient (Wildman–Crippen LogP) is 3.73. The Balaban J connectivity index is 1.71. The number of hydrogen-bond donors (Lipinski definition) is 2. The first-order valence-electron chi connectivity index (χ1n) is 12.4. The van der Waals surface area contributed by atoms with Gasteiger partial charge in [-0.3, -0.25) is 14.5 Å². The first kappa shape index (κ1) is 25.2. The predicted molar refractivity (Wildman–Crippen MR) is 140 cm³/mol. The summed E-state index contributed by atoms with van der Waals surface area (Å²) in [6, 6.07) is 15.9. The van der Waals surface area contributed by atoms with Crippen molar-refractivity contribution in [2.75, 3.05) is 19.6 Å². The van der Waals surface area contributed by atoms with Crippen LogP contribution in [0.15, 0.2) is 78.5 Å². The zero-order valence-electron chi connectivity index (χ0n) is 21.2. The van der Waals surface area contributed by atoms with Crippen molar-refractivity contribution in [2.45, 2.75) is 39.3 Å². The number of carbonyl (C=O) groups excluding carboxylic acids is 3. The number of rotatable bonds is 9. The van der Waals surface area contributed by atoms with Crippen LogP contribution in [0.4, 0.5) is 4.79 Å². The van der Waals surface area contributed by atoms with Gasteiger partial charge in [0.05, 0.1) is 23.9 Å². The standard InChI is InChI=1S/C29H34N4O3/c1-5-15-32-24-18-33(23(27(34)30-17-19(2)3)16-21-9-7-6-8-10-21)28(35)25(24)26(31-29(32)36)22-13-11-20(4)12-14-22/h5-14,19,23,26H,1,15-18H2,2-4H3,(H,30,34)(H,31,36)/t23-,26+/m1/s1. The first-order valence-corrected chi connectivity index (χ1v) is 12.4. The molecule has 2 atom stereocenters. The van der Waals surface area contributed by atoms with Gasteiger partial charge in [0.15, 0.2) is 0 Å². The molecular weight excluding hydrogens is 452 g/mol. The summed E-state index contributed by atoms with van der Waals surface area (Å²) in [6.07, 6.45) is 2.02. The van der Waals surface area contributed by atoms with Crippen LogP contribution in [0.25, 0.3) is 0 Å². The molecule has 4 rings (SSSR count). The number of carbonyl (C=O) groups is 3. The number of nitrogens with one attached hydrogen (secondary N) is 2. The van der Waals surface area contributed by atoms with Crippen molar-refractivity contribution in [1.82, 2.24) is 20.4 Å². The van der Waals surface area contributed by atoms with Gasteiger partial charge in [-0.05, 0) is 24.0 Å². The molecule has 2 aliphatic rings. The number of amides is 4. The highest BCUT2D eigenvalue weighted by atomic mass is 16.2. The monoisotopic (exact) mass is 486 g/mol. The zero-order valence-corrected chi connectivity index (χ0v) is 21.2. The van der Waals surface area contributed by atoms with Crippen molar-refractivity contribution in [3.8, 4) is 0 Å². The second-order valence-electron chi connectivity index (χ2n) is 9.83. The molecule has 0 bridgehead atoms. The largest absolute Gasteiger partial charge is 0.354 e. The van der Waals surface area contributed by atoms with E-state index < -0.39 is 12.1 Å². The zero-order chi connectivity index (χ0) is 25.8. The van der Waals surface area contributed by atoms with Crippen molar-refractivity contribution in [1.29, 1.82) is 0 Å². The quantitative estimate of drug-likeness (QED) is 0.530. The minimum absolute atomic E-state index is 0.185. The summed E-state index contributed by atoms with van der Waals surface area (Å²) >= 11 is 0. The van der Waals surface area contributed by atoms with E-state index in [1.165, 1.54) is 0 Å². The second-order valence-corrected chi connectivity index (χ2v) is 9.83. The number of hydrogen-bond acceptors (Lipinski definition) is 3. The molecule has 0 unspecified atom stereocenters. The van der Waals surface area contributed by atoms with Gasteiger partial charge in [-0.1, -0.05) is 80.1 Å². The van der Waals surface area contributed by atoms with E-state index in [0.29, 0.717) is 24.2 Å². The molecule has 2 N–H and O–H groups in total. The minimum atomic E-state index is -0.705. The molecule has 0 aromatic heterocycles. The van der Waals surface area contributed by atoms with Crippen LogP contribution in [-0.4, -0.2) is 53.3 Å². The Bertz CT molecular complexity index is 1170. The SMILES string of the molecule is C=CCN1C(=O)N[C@@H](c2ccc(C)cc2)C2=C1CN([C@H](Cc1ccccc1)C(=O)NCC(C)C)C2=O. The maximum Gasteiger partial charge on any atom is 0.322 e. The third-order valence-corrected chi connectivity index (χ3v) is 6.61. The Morgan fingerprint density at radius 3 is 2.47 bits per heavy atom. The maximum atomic E-state index is 14.0. The van der Waals surface area contributed by atoms with Crippen molar-refractivity contribution in [3.63, 3.8) is 0 Å². The van der Waals surface area contributed by atoms with Crippen LogP contribution in [0.1, 0.15) is 36.6 Å². The Morgan fingerprint density at radius 2 is 1.83 bits per heavy atom. The highest BCUT2D eigenvalue weighted by Crippen LogP contribution is 2.37. The van der Waals surface area contributed by atoms with Gasteiger partial charge >= 0.3 is 6.03 Å². The summed E-state index contributed by atoms with van der Waals surface area (Å²) in [5.74, 6) is -0.143. The van der Waals surface area contributed by atoms with Crippen LogP contribution in [-0.2, 0) is 16.0 Å². The lowest BCUT2D eigenvalue weighted by molar-refractivity contribution is -0.136. The number of urea groups is 1. The van der Waals surface area contributed by atoms with Gasteiger partial charge in [0.25, 0.3) is 5.91 Å². The average Bonchev–Trinajstić information content (AvgIpc) is 3.20. The molecule has 0 fully saturated rings. The Morgan fingerprint density at radius 1 is 1.14 bits per heavy atom. The molecule has 0 spiro atoms. The van der Waals surface area contributed by atoms with Crippen molar-refractivity contribution >= 4 is 17.8 Å². The summed E-state index contributed by atoms with van der Waals surface area (Å²) in [7, 11) is 0. The van der Waals surface area contributed by atoms with Gasteiger partial charge in [-0.25, -0.2) is 4.79 Å². The van der Waals surface area contributed by atoms with E-state index in [0.717, 1.165) is 16.7 Å². The molecule has 188 valence electrons. The molecule has 0 saturated heterocycles. The van der Waals surface area contributed by atoms with Crippen LogP contribution in [0.3, 0.4) is 0 Å². The van der Waals surface area contributed by atoms with E-state index >= 15 is 0 Å². The summed E-state index contributed by atoms with van der Waals surface area (Å²) < 4.78 is 0. The first-order chi connectivity index (χ1) is 17.3. The second kappa shape index (κ2) is 10.8. The van der Waals surface area contributed by atoms with Gasteiger partial charge in [0, 0.05) is 19.5 Å². The lowest BCUT2D eigenvalue weighted by Gasteiger charge is -2.33. The third kappa shape index (κ3) is 5.20. The van der Waals surface area contributed by atoms with Crippen molar-refractivity contribution < 1.29 is 14.4 Å². The van der Waals surface area contributed by atoms with Crippen LogP contribution in [0.2, 0.25) is 0 Å². The Labute approximate surface area is 212 Å². The fourth-order valence-electron chi connectivity index (χ4n) is 4.70. The topological polar surface area (TPSA) is 81.8 Å². The summed E-state index contributed by atoms with van der Waals surface area (Å²) in [5, 5.41) is 6.01. The molecular formula is C29H34N4O3. The molecule has 4 amide bonds. The smallest absolute Gasteiger partial charge is 0.322 e. The highest BCUT2D eigenvalue weighted by molar-refractivity contribution is 6.03. The minimum Gasteiger partial charge on any atom is -0.354 e. The fourth-order valence-corrected chi connectivity index (χ4v) is 4.70. The molecule has 2 aromatic rings. The fraction of sp³-hybridized carbons (Fsp3) is 0.345. The van der Waals surface area contributed by atoms with E-state index in [9.17, 15) is 14.4 Å². The lowest BCUT2D eigenvalue weighted by Crippen LogP contribution is -2.50. The Kier molecular flexibility index (Phi) is 7.58. The van der Waals surface area contributed by atoms with Gasteiger partial charge in [0.1, 0.15) is 6.04 Å². The summed E-state index contributed by atoms with van der Waals surface area (Å²) in [4.78, 5) is 43.7. The van der Waals surface area contributed by atoms with Crippen LogP contribution in [0, 0.1) is 12.8 Å². The third-order valence-electron chi connectivity index (χ3n) is 6.61. The molecule has 7 heteroatoms. The average molecular weight is 487 g/mol. The van der Waals surface area contributed by atoms with Gasteiger partial charge < -0.3 is 15.5 Å². The molecule has 2 heterocycles. The van der Waals surface area contributed by atoms with E-state index in [2.05, 4.69) is 17.2 Å². The molecule has 36 heavy (non-hydrogen) atoms. The normalized spacial score (nSPS) is 18.3. The summed E-state index contributed by atoms with van der Waals surface area (Å²) in [5.41, 5.74) is 4.03. The van der Waals surface area contributed by atoms with E-state index in [1.54, 1.807) is 15.9 Å². The molecule has 7 nitrogen and oxygen atoms in total. The summed E-state index contributed by atoms with van der Waals surface area (Å²) in [6.45, 7) is 10.8. The van der Waals surface area contributed by atoms with Gasteiger partial charge in [-0.15, -0.1) is 6.58 Å². The van der Waals surface area contributed by atoms with E-state index in [4.69, 9.17) is 0 Å². The van der Waals surface area contributed by atoms with E-state index in [-0.39, 0.29) is 36.9 Å². The van der Waals surface area contributed by atoms with Crippen LogP contribution >= 0.6 is 0 Å². The Hall–Kier alpha value is -3.87. The van der Waals surface area contributed by atoms with Crippen molar-refractivity contribution in [2.24, 2.45) is 5.92 Å².